The second-order valence-corrected chi connectivity index (χ2v) is 12.4. The van der Waals surface area contributed by atoms with Gasteiger partial charge >= 0.3 is 14.2 Å². The number of allylic oxidation sites excluding steroid dienone is 1. The highest BCUT2D eigenvalue weighted by molar-refractivity contribution is 9.10. The monoisotopic (exact) mass is 651 g/mol. The lowest BCUT2D eigenvalue weighted by Gasteiger charge is -2.43. The van der Waals surface area contributed by atoms with E-state index in [1.165, 1.54) is 12.1 Å². The van der Waals surface area contributed by atoms with Gasteiger partial charge in [-0.05, 0) is 84.9 Å². The Kier molecular flexibility index (Phi) is 9.95. The molecule has 1 aliphatic carbocycles. The van der Waals surface area contributed by atoms with Crippen molar-refractivity contribution in [2.45, 2.75) is 51.5 Å². The summed E-state index contributed by atoms with van der Waals surface area (Å²) >= 11 is 3.47. The van der Waals surface area contributed by atoms with Gasteiger partial charge in [-0.25, -0.2) is 0 Å². The number of carbonyl (C=O) groups is 2. The van der Waals surface area contributed by atoms with Gasteiger partial charge in [-0.1, -0.05) is 53.1 Å². The van der Waals surface area contributed by atoms with Crippen molar-refractivity contribution in [1.29, 1.82) is 0 Å². The average molecular weight is 652 g/mol. The maximum absolute atomic E-state index is 13.9. The number of imide groups is 1. The van der Waals surface area contributed by atoms with Crippen molar-refractivity contribution in [3.8, 4) is 5.75 Å². The molecule has 2 aliphatic heterocycles. The van der Waals surface area contributed by atoms with Crippen LogP contribution in [0.3, 0.4) is 0 Å². The second-order valence-electron chi connectivity index (χ2n) is 11.5. The number of aromatic hydroxyl groups is 1. The van der Waals surface area contributed by atoms with Crippen LogP contribution in [-0.2, 0) is 19.0 Å². The van der Waals surface area contributed by atoms with E-state index < -0.39 is 38.1 Å². The molecule has 2 aromatic carbocycles. The second kappa shape index (κ2) is 13.5. The normalized spacial score (nSPS) is 24.0. The van der Waals surface area contributed by atoms with Gasteiger partial charge in [0.2, 0.25) is 11.8 Å². The summed E-state index contributed by atoms with van der Waals surface area (Å²) < 4.78 is 12.5. The van der Waals surface area contributed by atoms with E-state index in [-0.39, 0.29) is 36.0 Å². The van der Waals surface area contributed by atoms with Crippen LogP contribution in [0.4, 0.5) is 5.69 Å². The maximum Gasteiger partial charge on any atom is 0.488 e. The number of methoxy groups -OCH3 is 1. The highest BCUT2D eigenvalue weighted by atomic mass is 79.9. The smallest absolute Gasteiger partial charge is 0.488 e. The van der Waals surface area contributed by atoms with Crippen LogP contribution in [0, 0.1) is 17.8 Å². The summed E-state index contributed by atoms with van der Waals surface area (Å²) in [7, 11) is -1.24. The van der Waals surface area contributed by atoms with Crippen molar-refractivity contribution >= 4 is 59.2 Å². The highest BCUT2D eigenvalue weighted by Gasteiger charge is 2.57. The quantitative estimate of drug-likeness (QED) is 0.174. The third kappa shape index (κ3) is 6.55. The largest absolute Gasteiger partial charge is 0.507 e. The van der Waals surface area contributed by atoms with Gasteiger partial charge in [0.05, 0.1) is 30.2 Å². The molecule has 43 heavy (non-hydrogen) atoms. The fraction of sp³-hybridized carbons (Fsp3) is 0.419. The Morgan fingerprint density at radius 2 is 1.95 bits per heavy atom. The van der Waals surface area contributed by atoms with Crippen LogP contribution < -0.4 is 10.4 Å². The van der Waals surface area contributed by atoms with Crippen LogP contribution in [0.2, 0.25) is 6.32 Å². The summed E-state index contributed by atoms with van der Waals surface area (Å²) in [6, 6.07) is 11.4. The molecule has 226 valence electrons. The molecule has 12 heteroatoms. The van der Waals surface area contributed by atoms with Crippen LogP contribution in [0.15, 0.2) is 63.7 Å². The van der Waals surface area contributed by atoms with Gasteiger partial charge in [-0.2, -0.15) is 0 Å². The summed E-state index contributed by atoms with van der Waals surface area (Å²) in [6.07, 6.45) is 4.99. The van der Waals surface area contributed by atoms with Crippen molar-refractivity contribution in [3.05, 3.63) is 69.2 Å². The molecular weight excluding hydrogens is 616 g/mol. The van der Waals surface area contributed by atoms with Crippen molar-refractivity contribution in [1.82, 2.24) is 0 Å². The predicted octanol–water partition coefficient (Wildman–Crippen LogP) is 3.45. The van der Waals surface area contributed by atoms with Crippen LogP contribution in [0.25, 0.3) is 6.08 Å². The molecule has 0 radical (unpaired) electrons. The number of hydrogen-bond donors (Lipinski definition) is 4. The number of phenolic OH excluding ortho intramolecular Hbond substituents is 1. The van der Waals surface area contributed by atoms with E-state index in [1.807, 2.05) is 12.1 Å². The number of nitrogens with zero attached hydrogens (tertiary/aromatic N) is 1. The highest BCUT2D eigenvalue weighted by Crippen LogP contribution is 2.51. The lowest BCUT2D eigenvalue weighted by molar-refractivity contribution is -0.122. The van der Waals surface area contributed by atoms with E-state index >= 15 is 0 Å². The first kappa shape index (κ1) is 31.7. The summed E-state index contributed by atoms with van der Waals surface area (Å²) in [5, 5.41) is 40.6. The van der Waals surface area contributed by atoms with E-state index in [4.69, 9.17) is 9.39 Å². The molecule has 4 atom stereocenters. The van der Waals surface area contributed by atoms with Gasteiger partial charge in [0.25, 0.3) is 0 Å². The van der Waals surface area contributed by atoms with Crippen molar-refractivity contribution < 1.29 is 39.2 Å². The molecular formula is C31H36B2BrNO8. The first-order chi connectivity index (χ1) is 20.6. The molecule has 0 unspecified atom stereocenters. The van der Waals surface area contributed by atoms with Gasteiger partial charge in [0.15, 0.2) is 0 Å². The molecule has 3 aliphatic rings. The molecule has 5 rings (SSSR count). The summed E-state index contributed by atoms with van der Waals surface area (Å²) in [5.41, 5.74) is 4.16. The fourth-order valence-electron chi connectivity index (χ4n) is 6.92. The zero-order chi connectivity index (χ0) is 30.8. The van der Waals surface area contributed by atoms with Gasteiger partial charge < -0.3 is 29.6 Å². The van der Waals surface area contributed by atoms with Crippen LogP contribution in [0.5, 0.6) is 5.75 Å². The molecule has 2 heterocycles. The fourth-order valence-corrected chi connectivity index (χ4v) is 7.30. The van der Waals surface area contributed by atoms with Gasteiger partial charge in [0.1, 0.15) is 5.75 Å². The Hall–Kier alpha value is -2.73. The van der Waals surface area contributed by atoms with Crippen LogP contribution in [-0.4, -0.2) is 66.1 Å². The lowest BCUT2D eigenvalue weighted by atomic mass is 9.58. The summed E-state index contributed by atoms with van der Waals surface area (Å²) in [6.45, 7) is 2.37. The van der Waals surface area contributed by atoms with Crippen LogP contribution >= 0.6 is 15.9 Å². The number of rotatable bonds is 10. The predicted molar refractivity (Wildman–Crippen MR) is 168 cm³/mol. The minimum atomic E-state index is -1.73. The number of fused-ring (bicyclic) bond motifs is 3. The third-order valence-corrected chi connectivity index (χ3v) is 9.19. The van der Waals surface area contributed by atoms with Crippen molar-refractivity contribution in [2.24, 2.45) is 17.8 Å². The zero-order valence-corrected chi connectivity index (χ0v) is 25.9. The average Bonchev–Trinajstić information content (AvgIpc) is 3.22. The number of amides is 2. The molecule has 9 nitrogen and oxygen atoms in total. The first-order valence-electron chi connectivity index (χ1n) is 14.7. The molecule has 0 saturated carbocycles. The standard InChI is InChI=1S/C31H36B2BrNO8/c1-3-5-18(12-19-13-22(34)9-10-26(19)36)8-11-27-28-20(17-42-2)14-24-29(25(28)16-32(39)43-27)31(38)35(30(24)37)23-7-4-6-21(15-23)33(40)41/h4,6-7,9-10,12-13,15,24-25,27,29,36,39-41H,3,5,8,11,14,16-17H2,1-2H3/b18-12+/t24-,25+,27-,29-/m1/s1. The third-order valence-electron chi connectivity index (χ3n) is 8.70. The van der Waals surface area contributed by atoms with Gasteiger partial charge in [0, 0.05) is 17.1 Å². The number of hydrogen-bond acceptors (Lipinski definition) is 8. The summed E-state index contributed by atoms with van der Waals surface area (Å²) in [4.78, 5) is 28.8. The Bertz CT molecular complexity index is 1450. The zero-order valence-electron chi connectivity index (χ0n) is 24.3. The topological polar surface area (TPSA) is 137 Å². The lowest BCUT2D eigenvalue weighted by Crippen LogP contribution is -2.46. The first-order valence-corrected chi connectivity index (χ1v) is 15.5. The van der Waals surface area contributed by atoms with E-state index in [0.29, 0.717) is 30.5 Å². The number of ether oxygens (including phenoxy) is 1. The van der Waals surface area contributed by atoms with E-state index in [9.17, 15) is 29.8 Å². The van der Waals surface area contributed by atoms with Crippen molar-refractivity contribution in [3.63, 3.8) is 0 Å². The van der Waals surface area contributed by atoms with E-state index in [0.717, 1.165) is 38.9 Å². The Morgan fingerprint density at radius 3 is 2.67 bits per heavy atom. The molecule has 2 amide bonds. The Morgan fingerprint density at radius 1 is 1.16 bits per heavy atom. The summed E-state index contributed by atoms with van der Waals surface area (Å²) in [5.74, 6) is -2.20. The van der Waals surface area contributed by atoms with E-state index in [2.05, 4.69) is 22.9 Å². The van der Waals surface area contributed by atoms with Gasteiger partial charge in [-0.3, -0.25) is 14.5 Å². The Labute approximate surface area is 260 Å². The van der Waals surface area contributed by atoms with Crippen LogP contribution in [0.1, 0.15) is 44.6 Å². The molecule has 2 fully saturated rings. The van der Waals surface area contributed by atoms with Crippen molar-refractivity contribution in [2.75, 3.05) is 18.6 Å². The number of anilines is 1. The van der Waals surface area contributed by atoms with E-state index in [1.54, 1.807) is 31.4 Å². The number of phenols is 1. The maximum atomic E-state index is 13.9. The number of carbonyl (C=O) groups excluding carboxylic acids is 2. The number of halogens is 1. The minimum absolute atomic E-state index is 0.181. The molecule has 2 aromatic rings. The Balaban J connectivity index is 1.45. The SMILES string of the molecule is CCC/C(=C\c1cc(Br)ccc1O)CC[C@H]1OB(O)C[C@H]2C1=C(COC)C[C@H]1C(=O)N(c3cccc(B(O)O)c3)C(=O)[C@H]12. The van der Waals surface area contributed by atoms with Gasteiger partial charge in [-0.15, -0.1) is 0 Å². The molecule has 0 bridgehead atoms. The molecule has 4 N–H and O–H groups in total. The minimum Gasteiger partial charge on any atom is -0.507 e. The molecule has 0 aromatic heterocycles. The number of benzene rings is 2. The molecule has 2 saturated heterocycles. The molecule has 0 spiro atoms.